The Morgan fingerprint density at radius 2 is 1.71 bits per heavy atom. The molecule has 1 aromatic heterocycles. The van der Waals surface area contributed by atoms with Crippen LogP contribution in [0.4, 0.5) is 4.79 Å². The van der Waals surface area contributed by atoms with E-state index in [0.717, 1.165) is 28.3 Å². The number of benzene rings is 1. The van der Waals surface area contributed by atoms with Gasteiger partial charge in [-0.05, 0) is 30.0 Å². The second-order valence-corrected chi connectivity index (χ2v) is 8.27. The van der Waals surface area contributed by atoms with Gasteiger partial charge in [-0.2, -0.15) is 0 Å². The number of nitrogens with zero attached hydrogens (tertiary/aromatic N) is 2. The van der Waals surface area contributed by atoms with Crippen LogP contribution in [0.5, 0.6) is 5.75 Å². The number of carbonyl (C=O) groups excluding carboxylic acids is 2. The van der Waals surface area contributed by atoms with Gasteiger partial charge in [0.2, 0.25) is 0 Å². The Kier molecular flexibility index (Phi) is 4.87. The van der Waals surface area contributed by atoms with Crippen molar-refractivity contribution >= 4 is 11.9 Å². The number of primary amides is 2. The lowest BCUT2D eigenvalue weighted by molar-refractivity contribution is 0.0916. The lowest BCUT2D eigenvalue weighted by Gasteiger charge is -2.43. The van der Waals surface area contributed by atoms with Gasteiger partial charge in [-0.1, -0.05) is 32.9 Å². The molecular weight excluding hydrogens is 356 g/mol. The van der Waals surface area contributed by atoms with Crippen molar-refractivity contribution in [1.29, 1.82) is 0 Å². The molecule has 4 N–H and O–H groups in total. The first-order chi connectivity index (χ1) is 13.1. The Morgan fingerprint density at radius 3 is 2.18 bits per heavy atom. The highest BCUT2D eigenvalue weighted by molar-refractivity contribution is 6.02. The minimum absolute atomic E-state index is 0.334. The molecule has 2 heterocycles. The van der Waals surface area contributed by atoms with Gasteiger partial charge in [0.05, 0.1) is 24.4 Å². The number of nitrogens with two attached hydrogens (primary N) is 2. The second-order valence-electron chi connectivity index (χ2n) is 8.27. The number of hydrogen-bond acceptors (Lipinski definition) is 3. The summed E-state index contributed by atoms with van der Waals surface area (Å²) in [4.78, 5) is 26.4. The highest BCUT2D eigenvalue weighted by Gasteiger charge is 2.43. The van der Waals surface area contributed by atoms with Crippen molar-refractivity contribution in [3.8, 4) is 16.9 Å². The minimum Gasteiger partial charge on any atom is -0.497 e. The fourth-order valence-corrected chi connectivity index (χ4v) is 4.29. The molecule has 1 unspecified atom stereocenters. The van der Waals surface area contributed by atoms with Gasteiger partial charge in [-0.15, -0.1) is 0 Å². The van der Waals surface area contributed by atoms with E-state index >= 15 is 0 Å². The van der Waals surface area contributed by atoms with E-state index in [9.17, 15) is 9.59 Å². The zero-order valence-corrected chi connectivity index (χ0v) is 17.1. The largest absolute Gasteiger partial charge is 0.497 e. The molecule has 0 radical (unpaired) electrons. The molecule has 0 saturated carbocycles. The van der Waals surface area contributed by atoms with Gasteiger partial charge >= 0.3 is 6.03 Å². The molecule has 28 heavy (non-hydrogen) atoms. The number of aromatic nitrogens is 1. The number of carbonyl (C=O) groups is 2. The van der Waals surface area contributed by atoms with Crippen molar-refractivity contribution in [2.45, 2.75) is 40.3 Å². The molecule has 1 atom stereocenters. The third kappa shape index (κ3) is 3.10. The molecule has 2 aromatic rings. The normalized spacial score (nSPS) is 16.6. The lowest BCUT2D eigenvalue weighted by atomic mass is 9.81. The molecule has 0 spiro atoms. The minimum atomic E-state index is -0.511. The second kappa shape index (κ2) is 6.89. The SMILES string of the molecule is COc1ccc(-c2c(C(N)=O)c3n(c2C)CCN(C(N)=O)C3C(C)(C)C)cc1. The van der Waals surface area contributed by atoms with Crippen LogP contribution >= 0.6 is 0 Å². The summed E-state index contributed by atoms with van der Waals surface area (Å²) in [7, 11) is 1.61. The molecule has 7 nitrogen and oxygen atoms in total. The zero-order chi connectivity index (χ0) is 20.8. The Morgan fingerprint density at radius 1 is 1.11 bits per heavy atom. The van der Waals surface area contributed by atoms with Crippen LogP contribution in [0.25, 0.3) is 11.1 Å². The summed E-state index contributed by atoms with van der Waals surface area (Å²) in [5.74, 6) is 0.224. The summed E-state index contributed by atoms with van der Waals surface area (Å²) in [6, 6.07) is 6.69. The van der Waals surface area contributed by atoms with E-state index in [-0.39, 0.29) is 11.5 Å². The van der Waals surface area contributed by atoms with Crippen molar-refractivity contribution in [1.82, 2.24) is 9.47 Å². The summed E-state index contributed by atoms with van der Waals surface area (Å²) in [6.07, 6.45) is 0. The van der Waals surface area contributed by atoms with E-state index in [1.165, 1.54) is 0 Å². The molecule has 7 heteroatoms. The predicted molar refractivity (Wildman–Crippen MR) is 108 cm³/mol. The number of urea groups is 1. The summed E-state index contributed by atoms with van der Waals surface area (Å²) in [5.41, 5.74) is 15.0. The standard InChI is InChI=1S/C21H28N4O3/c1-12-15(13-6-8-14(28-5)9-7-13)16(19(22)26)17-18(21(2,3)4)25(20(23)27)11-10-24(12)17/h6-9,18H,10-11H2,1-5H3,(H2,22,26)(H2,23,27). The van der Waals surface area contributed by atoms with Crippen molar-refractivity contribution in [3.63, 3.8) is 0 Å². The fraction of sp³-hybridized carbons (Fsp3) is 0.429. The van der Waals surface area contributed by atoms with Crippen LogP contribution in [0.2, 0.25) is 0 Å². The summed E-state index contributed by atoms with van der Waals surface area (Å²) < 4.78 is 7.35. The van der Waals surface area contributed by atoms with E-state index in [0.29, 0.717) is 18.7 Å². The Labute approximate surface area is 165 Å². The van der Waals surface area contributed by atoms with Gasteiger partial charge in [0.25, 0.3) is 5.91 Å². The van der Waals surface area contributed by atoms with Crippen LogP contribution < -0.4 is 16.2 Å². The van der Waals surface area contributed by atoms with Crippen molar-refractivity contribution in [2.75, 3.05) is 13.7 Å². The van der Waals surface area contributed by atoms with Crippen molar-refractivity contribution in [2.24, 2.45) is 16.9 Å². The first-order valence-electron chi connectivity index (χ1n) is 9.31. The van der Waals surface area contributed by atoms with Gasteiger partial charge in [0, 0.05) is 24.3 Å². The third-order valence-electron chi connectivity index (χ3n) is 5.43. The summed E-state index contributed by atoms with van der Waals surface area (Å²) in [6.45, 7) is 9.12. The van der Waals surface area contributed by atoms with E-state index in [2.05, 4.69) is 4.57 Å². The van der Waals surface area contributed by atoms with Crippen molar-refractivity contribution < 1.29 is 14.3 Å². The molecule has 0 saturated heterocycles. The number of fused-ring (bicyclic) bond motifs is 1. The number of methoxy groups -OCH3 is 1. The van der Waals surface area contributed by atoms with Crippen LogP contribution in [0.3, 0.4) is 0 Å². The van der Waals surface area contributed by atoms with Crippen LogP contribution in [0.1, 0.15) is 48.6 Å². The first kappa shape index (κ1) is 19.8. The molecule has 3 amide bonds. The smallest absolute Gasteiger partial charge is 0.315 e. The van der Waals surface area contributed by atoms with Gasteiger partial charge in [-0.3, -0.25) is 4.79 Å². The maximum absolute atomic E-state index is 12.6. The molecule has 3 rings (SSSR count). The Balaban J connectivity index is 2.31. The van der Waals surface area contributed by atoms with Gasteiger partial charge in [0.1, 0.15) is 5.75 Å². The van der Waals surface area contributed by atoms with Gasteiger partial charge in [0.15, 0.2) is 0 Å². The van der Waals surface area contributed by atoms with Crippen LogP contribution in [0.15, 0.2) is 24.3 Å². The maximum Gasteiger partial charge on any atom is 0.315 e. The molecule has 0 fully saturated rings. The quantitative estimate of drug-likeness (QED) is 0.850. The summed E-state index contributed by atoms with van der Waals surface area (Å²) in [5, 5.41) is 0. The van der Waals surface area contributed by atoms with Crippen LogP contribution in [-0.2, 0) is 6.54 Å². The average Bonchev–Trinajstić information content (AvgIpc) is 2.93. The molecule has 0 bridgehead atoms. The van der Waals surface area contributed by atoms with Crippen molar-refractivity contribution in [3.05, 3.63) is 41.2 Å². The first-order valence-corrected chi connectivity index (χ1v) is 9.31. The van der Waals surface area contributed by atoms with E-state index < -0.39 is 11.9 Å². The van der Waals surface area contributed by atoms with Gasteiger partial charge < -0.3 is 25.7 Å². The molecule has 1 aliphatic heterocycles. The van der Waals surface area contributed by atoms with E-state index in [1.807, 2.05) is 52.0 Å². The van der Waals surface area contributed by atoms with Crippen LogP contribution in [0, 0.1) is 12.3 Å². The van der Waals surface area contributed by atoms with Crippen LogP contribution in [-0.4, -0.2) is 35.1 Å². The topological polar surface area (TPSA) is 104 Å². The molecule has 0 aliphatic carbocycles. The Bertz CT molecular complexity index is 923. The molecule has 1 aromatic carbocycles. The molecule has 1 aliphatic rings. The lowest BCUT2D eigenvalue weighted by Crippen LogP contribution is -2.49. The van der Waals surface area contributed by atoms with Gasteiger partial charge in [-0.25, -0.2) is 4.79 Å². The van der Waals surface area contributed by atoms with E-state index in [4.69, 9.17) is 16.2 Å². The molecule has 150 valence electrons. The Hall–Kier alpha value is -2.96. The predicted octanol–water partition coefficient (Wildman–Crippen LogP) is 3.05. The number of rotatable bonds is 3. The highest BCUT2D eigenvalue weighted by Crippen LogP contribution is 2.46. The average molecular weight is 384 g/mol. The zero-order valence-electron chi connectivity index (χ0n) is 17.1. The number of ether oxygens (including phenoxy) is 1. The number of amides is 3. The van der Waals surface area contributed by atoms with E-state index in [1.54, 1.807) is 12.0 Å². The number of hydrogen-bond donors (Lipinski definition) is 2. The molecular formula is C21H28N4O3. The fourth-order valence-electron chi connectivity index (χ4n) is 4.29. The maximum atomic E-state index is 12.6. The third-order valence-corrected chi connectivity index (χ3v) is 5.43. The monoisotopic (exact) mass is 384 g/mol. The highest BCUT2D eigenvalue weighted by atomic mass is 16.5. The summed E-state index contributed by atoms with van der Waals surface area (Å²) >= 11 is 0.